The molecule has 1 N–H and O–H groups in total. The SMILES string of the molecule is CC(O)c1ccc(S(=O)(=O)N(C)C2CCCN(C)C2)cc1. The predicted molar refractivity (Wildman–Crippen MR) is 82.5 cm³/mol. The van der Waals surface area contributed by atoms with Gasteiger partial charge in [0.15, 0.2) is 0 Å². The van der Waals surface area contributed by atoms with Crippen LogP contribution in [0.25, 0.3) is 0 Å². The van der Waals surface area contributed by atoms with E-state index >= 15 is 0 Å². The average Bonchev–Trinajstić information content (AvgIpc) is 2.46. The summed E-state index contributed by atoms with van der Waals surface area (Å²) in [6.45, 7) is 3.45. The van der Waals surface area contributed by atoms with Gasteiger partial charge in [0.05, 0.1) is 11.0 Å². The Hall–Kier alpha value is -0.950. The summed E-state index contributed by atoms with van der Waals surface area (Å²) in [5, 5.41) is 9.49. The topological polar surface area (TPSA) is 60.9 Å². The fourth-order valence-electron chi connectivity index (χ4n) is 2.72. The molecule has 5 nitrogen and oxygen atoms in total. The highest BCUT2D eigenvalue weighted by Crippen LogP contribution is 2.23. The maximum Gasteiger partial charge on any atom is 0.243 e. The molecule has 1 saturated heterocycles. The van der Waals surface area contributed by atoms with Crippen molar-refractivity contribution in [1.29, 1.82) is 0 Å². The summed E-state index contributed by atoms with van der Waals surface area (Å²) in [5.74, 6) is 0. The van der Waals surface area contributed by atoms with Crippen molar-refractivity contribution in [2.45, 2.75) is 36.8 Å². The van der Waals surface area contributed by atoms with Gasteiger partial charge >= 0.3 is 0 Å². The minimum Gasteiger partial charge on any atom is -0.389 e. The van der Waals surface area contributed by atoms with Crippen LogP contribution in [-0.4, -0.2) is 56.0 Å². The van der Waals surface area contributed by atoms with Crippen LogP contribution < -0.4 is 0 Å². The van der Waals surface area contributed by atoms with Gasteiger partial charge in [0.1, 0.15) is 0 Å². The highest BCUT2D eigenvalue weighted by Gasteiger charge is 2.30. The fraction of sp³-hybridized carbons (Fsp3) is 0.600. The molecular formula is C15H24N2O3S. The number of aliphatic hydroxyl groups excluding tert-OH is 1. The molecule has 0 bridgehead atoms. The minimum absolute atomic E-state index is 0.0187. The van der Waals surface area contributed by atoms with E-state index in [1.54, 1.807) is 38.2 Å². The van der Waals surface area contributed by atoms with Crippen LogP contribution in [0.4, 0.5) is 0 Å². The molecule has 21 heavy (non-hydrogen) atoms. The number of piperidine rings is 1. The Morgan fingerprint density at radius 1 is 1.33 bits per heavy atom. The molecule has 2 atom stereocenters. The molecule has 1 aromatic carbocycles. The molecule has 0 radical (unpaired) electrons. The average molecular weight is 312 g/mol. The summed E-state index contributed by atoms with van der Waals surface area (Å²) in [6, 6.07) is 6.49. The first-order valence-electron chi connectivity index (χ1n) is 7.27. The number of sulfonamides is 1. The van der Waals surface area contributed by atoms with Crippen molar-refractivity contribution >= 4 is 10.0 Å². The van der Waals surface area contributed by atoms with Crippen LogP contribution in [0, 0.1) is 0 Å². The van der Waals surface area contributed by atoms with E-state index in [4.69, 9.17) is 0 Å². The van der Waals surface area contributed by atoms with Gasteiger partial charge in [0, 0.05) is 19.6 Å². The Labute approximate surface area is 127 Å². The molecule has 2 rings (SSSR count). The molecule has 1 fully saturated rings. The van der Waals surface area contributed by atoms with E-state index in [-0.39, 0.29) is 10.9 Å². The first-order valence-corrected chi connectivity index (χ1v) is 8.71. The number of likely N-dealkylation sites (N-methyl/N-ethyl adjacent to an activating group) is 2. The highest BCUT2D eigenvalue weighted by atomic mass is 32.2. The molecule has 1 aliphatic rings. The van der Waals surface area contributed by atoms with Crippen LogP contribution in [0.5, 0.6) is 0 Å². The lowest BCUT2D eigenvalue weighted by atomic mass is 10.1. The lowest BCUT2D eigenvalue weighted by Gasteiger charge is -2.35. The number of hydrogen-bond donors (Lipinski definition) is 1. The summed E-state index contributed by atoms with van der Waals surface area (Å²) in [6.07, 6.45) is 1.32. The molecule has 0 spiro atoms. The van der Waals surface area contributed by atoms with Crippen molar-refractivity contribution in [3.8, 4) is 0 Å². The minimum atomic E-state index is -3.48. The van der Waals surface area contributed by atoms with Crippen LogP contribution >= 0.6 is 0 Å². The normalized spacial score (nSPS) is 22.4. The smallest absolute Gasteiger partial charge is 0.243 e. The Morgan fingerprint density at radius 2 is 1.95 bits per heavy atom. The van der Waals surface area contributed by atoms with Gasteiger partial charge in [0.25, 0.3) is 0 Å². The molecular weight excluding hydrogens is 288 g/mol. The fourth-order valence-corrected chi connectivity index (χ4v) is 4.09. The first kappa shape index (κ1) is 16.4. The number of aliphatic hydroxyl groups is 1. The Bertz CT molecular complexity index is 569. The molecule has 1 aromatic rings. The zero-order valence-corrected chi connectivity index (χ0v) is 13.7. The van der Waals surface area contributed by atoms with Crippen molar-refractivity contribution in [1.82, 2.24) is 9.21 Å². The number of likely N-dealkylation sites (tertiary alicyclic amines) is 1. The number of rotatable bonds is 4. The second kappa shape index (κ2) is 6.44. The van der Waals surface area contributed by atoms with Gasteiger partial charge < -0.3 is 10.0 Å². The van der Waals surface area contributed by atoms with E-state index < -0.39 is 16.1 Å². The van der Waals surface area contributed by atoms with Gasteiger partial charge in [-0.25, -0.2) is 8.42 Å². The third kappa shape index (κ3) is 3.63. The van der Waals surface area contributed by atoms with E-state index in [9.17, 15) is 13.5 Å². The molecule has 0 aliphatic carbocycles. The summed E-state index contributed by atoms with van der Waals surface area (Å²) in [5.41, 5.74) is 0.717. The lowest BCUT2D eigenvalue weighted by Crippen LogP contribution is -2.47. The third-order valence-corrected chi connectivity index (χ3v) is 6.08. The Balaban J connectivity index is 2.20. The van der Waals surface area contributed by atoms with E-state index in [0.29, 0.717) is 5.56 Å². The molecule has 2 unspecified atom stereocenters. The van der Waals surface area contributed by atoms with E-state index in [0.717, 1.165) is 25.9 Å². The van der Waals surface area contributed by atoms with Crippen molar-refractivity contribution in [2.75, 3.05) is 27.2 Å². The zero-order chi connectivity index (χ0) is 15.6. The van der Waals surface area contributed by atoms with Crippen molar-refractivity contribution in [3.05, 3.63) is 29.8 Å². The van der Waals surface area contributed by atoms with Gasteiger partial charge in [-0.2, -0.15) is 4.31 Å². The van der Waals surface area contributed by atoms with Crippen LogP contribution in [0.15, 0.2) is 29.2 Å². The van der Waals surface area contributed by atoms with E-state index in [2.05, 4.69) is 4.90 Å². The molecule has 6 heteroatoms. The molecule has 0 amide bonds. The standard InChI is InChI=1S/C15H24N2O3S/c1-12(18)13-6-8-15(9-7-13)21(19,20)17(3)14-5-4-10-16(2)11-14/h6-9,12,14,18H,4-5,10-11H2,1-3H3. The Morgan fingerprint density at radius 3 is 2.48 bits per heavy atom. The van der Waals surface area contributed by atoms with Crippen LogP contribution in [0.2, 0.25) is 0 Å². The van der Waals surface area contributed by atoms with Crippen molar-refractivity contribution in [2.24, 2.45) is 0 Å². The number of benzene rings is 1. The maximum atomic E-state index is 12.7. The maximum absolute atomic E-state index is 12.7. The van der Waals surface area contributed by atoms with Crippen LogP contribution in [-0.2, 0) is 10.0 Å². The van der Waals surface area contributed by atoms with Gasteiger partial charge in [-0.15, -0.1) is 0 Å². The van der Waals surface area contributed by atoms with Crippen LogP contribution in [0.1, 0.15) is 31.4 Å². The summed E-state index contributed by atoms with van der Waals surface area (Å²) < 4.78 is 26.8. The summed E-state index contributed by atoms with van der Waals surface area (Å²) in [4.78, 5) is 2.44. The summed E-state index contributed by atoms with van der Waals surface area (Å²) in [7, 11) is 0.193. The van der Waals surface area contributed by atoms with E-state index in [1.165, 1.54) is 4.31 Å². The molecule has 1 heterocycles. The monoisotopic (exact) mass is 312 g/mol. The second-order valence-corrected chi connectivity index (χ2v) is 7.82. The Kier molecular flexibility index (Phi) is 5.03. The second-order valence-electron chi connectivity index (χ2n) is 5.82. The predicted octanol–water partition coefficient (Wildman–Crippen LogP) is 1.45. The molecule has 118 valence electrons. The van der Waals surface area contributed by atoms with Gasteiger partial charge in [-0.1, -0.05) is 12.1 Å². The highest BCUT2D eigenvalue weighted by molar-refractivity contribution is 7.89. The molecule has 0 saturated carbocycles. The third-order valence-electron chi connectivity index (χ3n) is 4.15. The number of nitrogens with zero attached hydrogens (tertiary/aromatic N) is 2. The van der Waals surface area contributed by atoms with Gasteiger partial charge in [-0.05, 0) is 51.1 Å². The quantitative estimate of drug-likeness (QED) is 0.914. The lowest BCUT2D eigenvalue weighted by molar-refractivity contribution is 0.187. The van der Waals surface area contributed by atoms with Crippen molar-refractivity contribution < 1.29 is 13.5 Å². The van der Waals surface area contributed by atoms with Crippen molar-refractivity contribution in [3.63, 3.8) is 0 Å². The molecule has 1 aliphatic heterocycles. The van der Waals surface area contributed by atoms with Crippen LogP contribution in [0.3, 0.4) is 0 Å². The van der Waals surface area contributed by atoms with E-state index in [1.807, 2.05) is 7.05 Å². The van der Waals surface area contributed by atoms with Gasteiger partial charge in [0.2, 0.25) is 10.0 Å². The van der Waals surface area contributed by atoms with Gasteiger partial charge in [-0.3, -0.25) is 0 Å². The largest absolute Gasteiger partial charge is 0.389 e. The molecule has 0 aromatic heterocycles. The number of hydrogen-bond acceptors (Lipinski definition) is 4. The summed E-state index contributed by atoms with van der Waals surface area (Å²) >= 11 is 0. The zero-order valence-electron chi connectivity index (χ0n) is 12.9. The first-order chi connectivity index (χ1) is 9.82.